The van der Waals surface area contributed by atoms with Gasteiger partial charge in [-0.1, -0.05) is 15.9 Å². The van der Waals surface area contributed by atoms with Crippen LogP contribution in [0.25, 0.3) is 0 Å². The van der Waals surface area contributed by atoms with E-state index < -0.39 is 0 Å². The normalized spacial score (nSPS) is 25.9. The molecule has 1 N–H and O–H groups in total. The zero-order valence-corrected chi connectivity index (χ0v) is 15.9. The number of nitrogens with zero attached hydrogens (tertiary/aromatic N) is 2. The van der Waals surface area contributed by atoms with Crippen molar-refractivity contribution in [2.24, 2.45) is 13.0 Å². The fourth-order valence-corrected chi connectivity index (χ4v) is 4.83. The smallest absolute Gasteiger partial charge is 0.230 e. The van der Waals surface area contributed by atoms with Crippen LogP contribution in [0.2, 0.25) is 0 Å². The largest absolute Gasteiger partial charge is 0.355 e. The highest BCUT2D eigenvalue weighted by Gasteiger charge is 2.68. The van der Waals surface area contributed by atoms with Gasteiger partial charge in [-0.25, -0.2) is 0 Å². The van der Waals surface area contributed by atoms with E-state index in [0.717, 1.165) is 28.9 Å². The number of carbonyl (C=O) groups excluding carboxylic acids is 3. The van der Waals surface area contributed by atoms with Crippen molar-refractivity contribution in [1.82, 2.24) is 14.8 Å². The predicted octanol–water partition coefficient (Wildman–Crippen LogP) is 1.41. The number of aryl methyl sites for hydroxylation is 2. The summed E-state index contributed by atoms with van der Waals surface area (Å²) in [5.74, 6) is 0.208. The van der Waals surface area contributed by atoms with Gasteiger partial charge in [-0.15, -0.1) is 0 Å². The highest BCUT2D eigenvalue weighted by molar-refractivity contribution is 9.09. The van der Waals surface area contributed by atoms with E-state index in [2.05, 4.69) is 21.2 Å². The minimum atomic E-state index is -0.149. The lowest BCUT2D eigenvalue weighted by molar-refractivity contribution is -0.129. The van der Waals surface area contributed by atoms with Crippen LogP contribution in [0.1, 0.15) is 34.5 Å². The van der Waals surface area contributed by atoms with Crippen molar-refractivity contribution < 1.29 is 14.4 Å². The van der Waals surface area contributed by atoms with Crippen molar-refractivity contribution >= 4 is 33.5 Å². The van der Waals surface area contributed by atoms with Gasteiger partial charge in [0.1, 0.15) is 0 Å². The Balaban J connectivity index is 1.59. The van der Waals surface area contributed by atoms with Gasteiger partial charge in [-0.05, 0) is 30.4 Å². The number of likely N-dealkylation sites (tertiary alicyclic amines) is 1. The van der Waals surface area contributed by atoms with Crippen LogP contribution in [-0.2, 0) is 22.1 Å². The van der Waals surface area contributed by atoms with E-state index in [4.69, 9.17) is 0 Å². The number of alkyl halides is 1. The predicted molar refractivity (Wildman–Crippen MR) is 95.5 cm³/mol. The quantitative estimate of drug-likeness (QED) is 0.769. The first-order valence-electron chi connectivity index (χ1n) is 8.46. The molecular weight excluding hydrogens is 386 g/mol. The summed E-state index contributed by atoms with van der Waals surface area (Å²) >= 11 is 3.08. The molecule has 2 atom stereocenters. The van der Waals surface area contributed by atoms with Crippen molar-refractivity contribution in [2.45, 2.75) is 25.2 Å². The molecule has 2 aliphatic carbocycles. The van der Waals surface area contributed by atoms with Crippen LogP contribution in [0.15, 0.2) is 18.0 Å². The Morgan fingerprint density at radius 2 is 2.20 bits per heavy atom. The Kier molecular flexibility index (Phi) is 3.68. The summed E-state index contributed by atoms with van der Waals surface area (Å²) in [7, 11) is 1.90. The van der Waals surface area contributed by atoms with Crippen LogP contribution < -0.4 is 5.32 Å². The molecule has 132 valence electrons. The SMILES string of the molecule is Cc1cn(C)c2c1[C@@]13C[C@@H]1CN(C(=O)CCNC(=O)CBr)C3=CC2=O. The van der Waals surface area contributed by atoms with E-state index in [1.165, 1.54) is 0 Å². The molecule has 0 aromatic carbocycles. The average Bonchev–Trinajstić information content (AvgIpc) is 3.05. The summed E-state index contributed by atoms with van der Waals surface area (Å²) in [6.45, 7) is 3.02. The molecule has 2 fully saturated rings. The van der Waals surface area contributed by atoms with Crippen LogP contribution >= 0.6 is 15.9 Å². The van der Waals surface area contributed by atoms with E-state index in [-0.39, 0.29) is 34.8 Å². The van der Waals surface area contributed by atoms with Crippen LogP contribution in [0.5, 0.6) is 0 Å². The van der Waals surface area contributed by atoms with E-state index in [9.17, 15) is 14.4 Å². The molecule has 1 aliphatic heterocycles. The lowest BCUT2D eigenvalue weighted by Crippen LogP contribution is -2.36. The number of aromatic nitrogens is 1. The van der Waals surface area contributed by atoms with Crippen molar-refractivity contribution in [3.05, 3.63) is 34.8 Å². The molecular formula is C18H20BrN3O3. The third-order valence-electron chi connectivity index (χ3n) is 5.66. The zero-order valence-electron chi connectivity index (χ0n) is 14.3. The van der Waals surface area contributed by atoms with Gasteiger partial charge in [-0.3, -0.25) is 14.4 Å². The first-order valence-corrected chi connectivity index (χ1v) is 9.58. The Labute approximate surface area is 154 Å². The third kappa shape index (κ3) is 2.25. The molecule has 25 heavy (non-hydrogen) atoms. The number of halogens is 1. The van der Waals surface area contributed by atoms with Gasteiger partial charge in [0.05, 0.1) is 11.0 Å². The van der Waals surface area contributed by atoms with E-state index in [1.54, 1.807) is 11.0 Å². The van der Waals surface area contributed by atoms with Gasteiger partial charge in [0.2, 0.25) is 17.6 Å². The third-order valence-corrected chi connectivity index (χ3v) is 6.17. The summed E-state index contributed by atoms with van der Waals surface area (Å²) in [4.78, 5) is 38.3. The minimum absolute atomic E-state index is 0.0239. The summed E-state index contributed by atoms with van der Waals surface area (Å²) in [6, 6.07) is 0. The van der Waals surface area contributed by atoms with Gasteiger partial charge < -0.3 is 14.8 Å². The van der Waals surface area contributed by atoms with Crippen LogP contribution in [0.3, 0.4) is 0 Å². The fourth-order valence-electron chi connectivity index (χ4n) is 4.63. The van der Waals surface area contributed by atoms with Gasteiger partial charge in [0.15, 0.2) is 0 Å². The molecule has 2 amide bonds. The Morgan fingerprint density at radius 3 is 2.92 bits per heavy atom. The van der Waals surface area contributed by atoms with Crippen molar-refractivity contribution in [3.63, 3.8) is 0 Å². The molecule has 0 radical (unpaired) electrons. The molecule has 1 aromatic rings. The standard InChI is InChI=1S/C18H20BrN3O3/c1-10-8-21(2)17-12(23)5-13-18(16(10)17)6-11(18)9-22(13)15(25)3-4-20-14(24)7-19/h5,8,11H,3-4,6-7,9H2,1-2H3,(H,20,24)/t11-,18+/m1/s1. The lowest BCUT2D eigenvalue weighted by Gasteiger charge is -2.29. The number of rotatable bonds is 4. The average molecular weight is 406 g/mol. The van der Waals surface area contributed by atoms with Crippen molar-refractivity contribution in [3.8, 4) is 0 Å². The first-order chi connectivity index (χ1) is 11.9. The van der Waals surface area contributed by atoms with Gasteiger partial charge >= 0.3 is 0 Å². The maximum Gasteiger partial charge on any atom is 0.230 e. The first kappa shape index (κ1) is 16.6. The zero-order chi connectivity index (χ0) is 17.9. The number of carbonyl (C=O) groups is 3. The summed E-state index contributed by atoms with van der Waals surface area (Å²) in [5.41, 5.74) is 3.72. The monoisotopic (exact) mass is 405 g/mol. The number of ketones is 1. The highest BCUT2D eigenvalue weighted by atomic mass is 79.9. The van der Waals surface area contributed by atoms with E-state index in [1.807, 2.05) is 24.7 Å². The molecule has 2 heterocycles. The number of fused-ring (bicyclic) bond motifs is 1. The highest BCUT2D eigenvalue weighted by Crippen LogP contribution is 2.67. The molecule has 0 unspecified atom stereocenters. The van der Waals surface area contributed by atoms with Crippen molar-refractivity contribution in [2.75, 3.05) is 18.4 Å². The molecule has 1 saturated carbocycles. The lowest BCUT2D eigenvalue weighted by atomic mass is 9.83. The van der Waals surface area contributed by atoms with Crippen LogP contribution in [0.4, 0.5) is 0 Å². The number of nitrogens with one attached hydrogen (secondary N) is 1. The minimum Gasteiger partial charge on any atom is -0.355 e. The second kappa shape index (κ2) is 5.56. The van der Waals surface area contributed by atoms with E-state index >= 15 is 0 Å². The van der Waals surface area contributed by atoms with E-state index in [0.29, 0.717) is 19.0 Å². The summed E-state index contributed by atoms with van der Waals surface area (Å²) in [5, 5.41) is 2.92. The molecule has 1 aromatic heterocycles. The van der Waals surface area contributed by atoms with Crippen LogP contribution in [-0.4, -0.2) is 45.5 Å². The summed E-state index contributed by atoms with van der Waals surface area (Å²) < 4.78 is 1.91. The second-order valence-corrected chi connectivity index (χ2v) is 7.71. The number of amides is 2. The fraction of sp³-hybridized carbons (Fsp3) is 0.500. The number of hydrogen-bond donors (Lipinski definition) is 1. The van der Waals surface area contributed by atoms with Gasteiger partial charge in [0, 0.05) is 49.9 Å². The topological polar surface area (TPSA) is 71.4 Å². The maximum absolute atomic E-state index is 12.6. The Morgan fingerprint density at radius 1 is 1.44 bits per heavy atom. The molecule has 7 heteroatoms. The maximum atomic E-state index is 12.6. The molecule has 0 bridgehead atoms. The van der Waals surface area contributed by atoms with Gasteiger partial charge in [0.25, 0.3) is 0 Å². The molecule has 4 rings (SSSR count). The Bertz CT molecular complexity index is 841. The summed E-state index contributed by atoms with van der Waals surface area (Å²) in [6.07, 6.45) is 4.91. The second-order valence-electron chi connectivity index (χ2n) is 7.15. The number of allylic oxidation sites excluding steroid dienone is 2. The molecule has 1 spiro atoms. The van der Waals surface area contributed by atoms with Crippen LogP contribution in [0, 0.1) is 12.8 Å². The van der Waals surface area contributed by atoms with Gasteiger partial charge in [-0.2, -0.15) is 0 Å². The molecule has 3 aliphatic rings. The number of hydrogen-bond acceptors (Lipinski definition) is 3. The van der Waals surface area contributed by atoms with Crippen molar-refractivity contribution in [1.29, 1.82) is 0 Å². The molecule has 1 saturated heterocycles. The number of piperidine rings is 1. The molecule has 6 nitrogen and oxygen atoms in total. The Hall–Kier alpha value is -1.89.